The normalized spacial score (nSPS) is 34.9. The van der Waals surface area contributed by atoms with E-state index in [4.69, 9.17) is 27.9 Å². The fourth-order valence-corrected chi connectivity index (χ4v) is 7.49. The van der Waals surface area contributed by atoms with Gasteiger partial charge in [0.05, 0.1) is 18.1 Å². The second-order valence-electron chi connectivity index (χ2n) is 11.3. The molecule has 0 bridgehead atoms. The molecule has 0 radical (unpaired) electrons. The van der Waals surface area contributed by atoms with E-state index in [2.05, 4.69) is 0 Å². The van der Waals surface area contributed by atoms with Crippen molar-refractivity contribution >= 4 is 21.9 Å². The molecule has 11 atom stereocenters. The summed E-state index contributed by atoms with van der Waals surface area (Å²) in [6.45, 7) is 1.22. The number of ether oxygens (including phenoxy) is 5. The summed E-state index contributed by atoms with van der Waals surface area (Å²) in [5, 5.41) is 44.4. The maximum absolute atomic E-state index is 13.0. The molecule has 248 valence electrons. The molecule has 4 N–H and O–H groups in total. The summed E-state index contributed by atoms with van der Waals surface area (Å²) in [5.74, 6) is 0. The molecule has 3 aromatic carbocycles. The van der Waals surface area contributed by atoms with Crippen molar-refractivity contribution in [2.45, 2.75) is 83.6 Å². The first kappa shape index (κ1) is 33.5. The number of aliphatic hydroxyl groups excluding tert-OH is 4. The Morgan fingerprint density at radius 1 is 0.804 bits per heavy atom. The van der Waals surface area contributed by atoms with Gasteiger partial charge < -0.3 is 44.1 Å². The Kier molecular flexibility index (Phi) is 10.4. The number of fused-ring (bicyclic) bond motifs is 1. The molecule has 3 aliphatic heterocycles. The minimum absolute atomic E-state index is 0.00264. The summed E-state index contributed by atoms with van der Waals surface area (Å²) in [6.07, 6.45) is -13.1. The SMILES string of the molecule is Cc1ccc(S(=O)(=O)OC[C@H]2O[C@@H](Sc3ccccc3)[C@H](O)[C@@H](O)[C@@H]2O[C@@H]2O[C@@H]3CO[C@@H](c4ccccc4)O[C@H]3[C@H](O)[C@H]2O)cc1. The molecule has 12 nitrogen and oxygen atoms in total. The average molecular weight is 677 g/mol. The van der Waals surface area contributed by atoms with Gasteiger partial charge in [0.1, 0.15) is 54.3 Å². The van der Waals surface area contributed by atoms with Crippen molar-refractivity contribution in [3.05, 3.63) is 96.1 Å². The number of aryl methyl sites for hydroxylation is 1. The number of aliphatic hydroxyl groups is 4. The zero-order chi connectivity index (χ0) is 32.4. The lowest BCUT2D eigenvalue weighted by Gasteiger charge is -2.48. The lowest BCUT2D eigenvalue weighted by Crippen LogP contribution is -2.65. The Bertz CT molecular complexity index is 1530. The van der Waals surface area contributed by atoms with Crippen molar-refractivity contribution in [1.29, 1.82) is 0 Å². The molecule has 6 rings (SSSR count). The first-order chi connectivity index (χ1) is 22.1. The molecule has 3 heterocycles. The third-order valence-corrected chi connectivity index (χ3v) is 10.5. The molecule has 0 unspecified atom stereocenters. The molecule has 0 spiro atoms. The minimum atomic E-state index is -4.24. The number of benzene rings is 3. The number of hydrogen-bond acceptors (Lipinski definition) is 13. The summed E-state index contributed by atoms with van der Waals surface area (Å²) in [7, 11) is -4.24. The fraction of sp³-hybridized carbons (Fsp3) is 0.438. The Morgan fingerprint density at radius 2 is 1.48 bits per heavy atom. The topological polar surface area (TPSA) is 170 Å². The van der Waals surface area contributed by atoms with Gasteiger partial charge in [-0.15, -0.1) is 0 Å². The van der Waals surface area contributed by atoms with Crippen molar-refractivity contribution in [1.82, 2.24) is 0 Å². The number of hydrogen-bond donors (Lipinski definition) is 4. The van der Waals surface area contributed by atoms with Gasteiger partial charge in [-0.2, -0.15) is 8.42 Å². The van der Waals surface area contributed by atoms with E-state index in [-0.39, 0.29) is 11.5 Å². The second kappa shape index (κ2) is 14.4. The van der Waals surface area contributed by atoms with Gasteiger partial charge in [0.15, 0.2) is 12.6 Å². The second-order valence-corrected chi connectivity index (χ2v) is 14.1. The summed E-state index contributed by atoms with van der Waals surface area (Å²) in [6, 6.07) is 24.2. The zero-order valence-electron chi connectivity index (χ0n) is 24.7. The van der Waals surface area contributed by atoms with E-state index in [1.54, 1.807) is 36.4 Å². The van der Waals surface area contributed by atoms with Crippen molar-refractivity contribution in [3.63, 3.8) is 0 Å². The highest BCUT2D eigenvalue weighted by Gasteiger charge is 2.53. The van der Waals surface area contributed by atoms with Crippen LogP contribution in [-0.2, 0) is 38.0 Å². The molecule has 14 heteroatoms. The molecular formula is C32H36O12S2. The van der Waals surface area contributed by atoms with E-state index < -0.39 is 83.6 Å². The van der Waals surface area contributed by atoms with Crippen LogP contribution in [0.25, 0.3) is 0 Å². The van der Waals surface area contributed by atoms with Gasteiger partial charge in [0.2, 0.25) is 0 Å². The minimum Gasteiger partial charge on any atom is -0.387 e. The van der Waals surface area contributed by atoms with Crippen molar-refractivity contribution < 1.29 is 56.7 Å². The van der Waals surface area contributed by atoms with Crippen LogP contribution in [0.15, 0.2) is 94.7 Å². The maximum atomic E-state index is 13.0. The quantitative estimate of drug-likeness (QED) is 0.243. The van der Waals surface area contributed by atoms with Gasteiger partial charge in [-0.25, -0.2) is 0 Å². The van der Waals surface area contributed by atoms with Crippen LogP contribution in [0.4, 0.5) is 0 Å². The lowest BCUT2D eigenvalue weighted by atomic mass is 9.96. The average Bonchev–Trinajstić information content (AvgIpc) is 3.07. The van der Waals surface area contributed by atoms with E-state index in [9.17, 15) is 28.8 Å². The fourth-order valence-electron chi connectivity index (χ4n) is 5.49. The highest BCUT2D eigenvalue weighted by atomic mass is 32.2. The van der Waals surface area contributed by atoms with Gasteiger partial charge in [0, 0.05) is 10.5 Å². The van der Waals surface area contributed by atoms with E-state index in [1.807, 2.05) is 43.3 Å². The molecule has 0 saturated carbocycles. The van der Waals surface area contributed by atoms with Crippen molar-refractivity contribution in [2.24, 2.45) is 0 Å². The van der Waals surface area contributed by atoms with Crippen LogP contribution in [0.2, 0.25) is 0 Å². The first-order valence-corrected chi connectivity index (χ1v) is 17.1. The van der Waals surface area contributed by atoms with Crippen molar-refractivity contribution in [3.8, 4) is 0 Å². The van der Waals surface area contributed by atoms with Crippen LogP contribution in [0.3, 0.4) is 0 Å². The van der Waals surface area contributed by atoms with E-state index in [1.165, 1.54) is 12.1 Å². The summed E-state index contributed by atoms with van der Waals surface area (Å²) >= 11 is 1.13. The molecule has 3 aliphatic rings. The summed E-state index contributed by atoms with van der Waals surface area (Å²) in [4.78, 5) is 0.657. The van der Waals surface area contributed by atoms with Crippen LogP contribution < -0.4 is 0 Å². The van der Waals surface area contributed by atoms with Crippen LogP contribution in [0.5, 0.6) is 0 Å². The Balaban J connectivity index is 1.19. The van der Waals surface area contributed by atoms with Gasteiger partial charge >= 0.3 is 0 Å². The Labute approximate surface area is 270 Å². The molecule has 3 fully saturated rings. The zero-order valence-corrected chi connectivity index (χ0v) is 26.4. The predicted octanol–water partition coefficient (Wildman–Crippen LogP) is 1.89. The number of thioether (sulfide) groups is 1. The van der Waals surface area contributed by atoms with E-state index in [0.717, 1.165) is 27.8 Å². The van der Waals surface area contributed by atoms with Gasteiger partial charge in [-0.1, -0.05) is 78.0 Å². The van der Waals surface area contributed by atoms with Gasteiger partial charge in [-0.05, 0) is 31.2 Å². The smallest absolute Gasteiger partial charge is 0.297 e. The Hall–Kier alpha value is -2.44. The van der Waals surface area contributed by atoms with Crippen molar-refractivity contribution in [2.75, 3.05) is 13.2 Å². The molecule has 0 aliphatic carbocycles. The summed E-state index contributed by atoms with van der Waals surface area (Å²) in [5.41, 5.74) is 0.555. The first-order valence-electron chi connectivity index (χ1n) is 14.8. The molecule has 46 heavy (non-hydrogen) atoms. The molecule has 0 aromatic heterocycles. The highest BCUT2D eigenvalue weighted by Crippen LogP contribution is 2.38. The van der Waals surface area contributed by atoms with Crippen LogP contribution in [-0.4, -0.2) is 103 Å². The molecule has 3 aromatic rings. The highest BCUT2D eigenvalue weighted by molar-refractivity contribution is 7.99. The van der Waals surface area contributed by atoms with Crippen LogP contribution in [0.1, 0.15) is 17.4 Å². The maximum Gasteiger partial charge on any atom is 0.297 e. The molecule has 3 saturated heterocycles. The third kappa shape index (κ3) is 7.33. The largest absolute Gasteiger partial charge is 0.387 e. The van der Waals surface area contributed by atoms with Crippen LogP contribution in [0, 0.1) is 6.92 Å². The van der Waals surface area contributed by atoms with Gasteiger partial charge in [0.25, 0.3) is 10.1 Å². The third-order valence-electron chi connectivity index (χ3n) is 8.03. The monoisotopic (exact) mass is 676 g/mol. The van der Waals surface area contributed by atoms with Crippen LogP contribution >= 0.6 is 11.8 Å². The van der Waals surface area contributed by atoms with E-state index >= 15 is 0 Å². The predicted molar refractivity (Wildman–Crippen MR) is 163 cm³/mol. The molecule has 0 amide bonds. The molecular weight excluding hydrogens is 640 g/mol. The number of rotatable bonds is 9. The standard InChI is InChI=1S/C32H36O12S2/c1-18-12-14-21(15-13-18)46(37,38)40-17-23-29(25(34)27(36)32(42-23)45-20-10-6-3-7-11-20)44-31-26(35)24(33)28-22(41-31)16-39-30(43-28)19-8-4-2-5-9-19/h2-15,22-36H,16-17H2,1H3/t22-,23-,24-,25-,26-,27-,28-,29-,30-,31+,32+/m1/s1. The summed E-state index contributed by atoms with van der Waals surface area (Å²) < 4.78 is 61.2. The Morgan fingerprint density at radius 3 is 2.17 bits per heavy atom. The van der Waals surface area contributed by atoms with Gasteiger partial charge in [-0.3, -0.25) is 4.18 Å². The lowest BCUT2D eigenvalue weighted by molar-refractivity contribution is -0.377. The van der Waals surface area contributed by atoms with E-state index in [0.29, 0.717) is 0 Å².